The molecule has 33 heavy (non-hydrogen) atoms. The van der Waals surface area contributed by atoms with Crippen molar-refractivity contribution in [1.82, 2.24) is 0 Å². The number of amides is 1. The predicted octanol–water partition coefficient (Wildman–Crippen LogP) is 7.12. The summed E-state index contributed by atoms with van der Waals surface area (Å²) in [6, 6.07) is 19.7. The van der Waals surface area contributed by atoms with E-state index in [0.29, 0.717) is 46.0 Å². The topological polar surface area (TPSA) is 71.3 Å². The Morgan fingerprint density at radius 1 is 1.09 bits per heavy atom. The van der Waals surface area contributed by atoms with Crippen molar-refractivity contribution < 1.29 is 14.3 Å². The number of ether oxygens (including phenoxy) is 2. The fourth-order valence-corrected chi connectivity index (χ4v) is 4.12. The summed E-state index contributed by atoms with van der Waals surface area (Å²) in [5, 5.41) is 13.3. The summed E-state index contributed by atoms with van der Waals surface area (Å²) in [5.41, 5.74) is 2.01. The Bertz CT molecular complexity index is 1240. The second kappa shape index (κ2) is 11.9. The zero-order valence-corrected chi connectivity index (χ0v) is 21.2. The van der Waals surface area contributed by atoms with Gasteiger partial charge < -0.3 is 14.8 Å². The molecular weight excluding hydrogens is 574 g/mol. The van der Waals surface area contributed by atoms with Gasteiger partial charge in [0.2, 0.25) is 0 Å². The van der Waals surface area contributed by atoms with E-state index in [4.69, 9.17) is 32.7 Å². The Labute approximate surface area is 216 Å². The Morgan fingerprint density at radius 3 is 2.48 bits per heavy atom. The summed E-state index contributed by atoms with van der Waals surface area (Å²) >= 11 is 14.2. The quantitative estimate of drug-likeness (QED) is 0.172. The highest BCUT2D eigenvalue weighted by Gasteiger charge is 2.15. The normalized spacial score (nSPS) is 10.9. The number of carbonyl (C=O) groups excluding carboxylic acids is 1. The second-order valence-corrected chi connectivity index (χ2v) is 8.85. The highest BCUT2D eigenvalue weighted by Crippen LogP contribution is 2.35. The largest absolute Gasteiger partial charge is 0.490 e. The Balaban J connectivity index is 1.85. The van der Waals surface area contributed by atoms with E-state index in [2.05, 4.69) is 27.9 Å². The lowest BCUT2D eigenvalue weighted by molar-refractivity contribution is -0.112. The summed E-state index contributed by atoms with van der Waals surface area (Å²) in [4.78, 5) is 12.6. The summed E-state index contributed by atoms with van der Waals surface area (Å²) in [6.45, 7) is 2.61. The maximum absolute atomic E-state index is 12.6. The molecule has 0 aliphatic carbocycles. The molecule has 0 saturated carbocycles. The fourth-order valence-electron chi connectivity index (χ4n) is 2.94. The van der Waals surface area contributed by atoms with Crippen LogP contribution in [-0.2, 0) is 11.4 Å². The first-order chi connectivity index (χ1) is 15.9. The van der Waals surface area contributed by atoms with Crippen LogP contribution in [0.2, 0.25) is 10.0 Å². The lowest BCUT2D eigenvalue weighted by atomic mass is 10.1. The zero-order valence-electron chi connectivity index (χ0n) is 17.6. The van der Waals surface area contributed by atoms with Crippen LogP contribution in [0.4, 0.5) is 5.69 Å². The first-order valence-electron chi connectivity index (χ1n) is 9.92. The number of hydrogen-bond acceptors (Lipinski definition) is 4. The van der Waals surface area contributed by atoms with E-state index in [0.717, 1.165) is 9.13 Å². The molecule has 0 saturated heterocycles. The molecule has 3 aromatic rings. The standard InChI is InChI=1S/C25H19Cl2IN2O3/c1-2-32-23-12-17(9-18(14-29)25(31)30-21-8-4-7-20(27)13-21)11-22(28)24(23)33-15-16-5-3-6-19(26)10-16/h3-13H,2,15H2,1H3,(H,30,31)/b18-9+. The third-order valence-corrected chi connectivity index (χ3v) is 5.63. The van der Waals surface area contributed by atoms with Crippen molar-refractivity contribution in [2.24, 2.45) is 0 Å². The molecule has 0 spiro atoms. The Hall–Kier alpha value is -2.73. The van der Waals surface area contributed by atoms with E-state index in [1.54, 1.807) is 36.4 Å². The average Bonchev–Trinajstić information content (AvgIpc) is 2.77. The number of nitriles is 1. The SMILES string of the molecule is CCOc1cc(/C=C(\C#N)C(=O)Nc2cccc(Cl)c2)cc(I)c1OCc1cccc(Cl)c1. The number of nitrogens with zero attached hydrogens (tertiary/aromatic N) is 1. The molecule has 0 fully saturated rings. The number of carbonyl (C=O) groups is 1. The van der Waals surface area contributed by atoms with Gasteiger partial charge in [0.1, 0.15) is 18.2 Å². The van der Waals surface area contributed by atoms with Crippen LogP contribution in [0, 0.1) is 14.9 Å². The van der Waals surface area contributed by atoms with Gasteiger partial charge >= 0.3 is 0 Å². The molecule has 0 bridgehead atoms. The summed E-state index contributed by atoms with van der Waals surface area (Å²) < 4.78 is 12.6. The maximum Gasteiger partial charge on any atom is 0.266 e. The second-order valence-electron chi connectivity index (χ2n) is 6.82. The van der Waals surface area contributed by atoms with Gasteiger partial charge in [0.15, 0.2) is 11.5 Å². The predicted molar refractivity (Wildman–Crippen MR) is 140 cm³/mol. The van der Waals surface area contributed by atoms with Crippen LogP contribution >= 0.6 is 45.8 Å². The molecule has 3 aromatic carbocycles. The highest BCUT2D eigenvalue weighted by atomic mass is 127. The van der Waals surface area contributed by atoms with E-state index in [1.807, 2.05) is 37.3 Å². The van der Waals surface area contributed by atoms with Gasteiger partial charge in [-0.05, 0) is 89.2 Å². The lowest BCUT2D eigenvalue weighted by Crippen LogP contribution is -2.13. The summed E-state index contributed by atoms with van der Waals surface area (Å²) in [5.74, 6) is 0.565. The van der Waals surface area contributed by atoms with E-state index in [1.165, 1.54) is 6.08 Å². The van der Waals surface area contributed by atoms with Crippen LogP contribution in [-0.4, -0.2) is 12.5 Å². The average molecular weight is 593 g/mol. The molecule has 5 nitrogen and oxygen atoms in total. The molecule has 0 radical (unpaired) electrons. The van der Waals surface area contributed by atoms with Crippen LogP contribution < -0.4 is 14.8 Å². The number of nitrogens with one attached hydrogen (secondary N) is 1. The van der Waals surface area contributed by atoms with E-state index < -0.39 is 5.91 Å². The number of benzene rings is 3. The van der Waals surface area contributed by atoms with Crippen molar-refractivity contribution in [2.45, 2.75) is 13.5 Å². The smallest absolute Gasteiger partial charge is 0.266 e. The monoisotopic (exact) mass is 592 g/mol. The first-order valence-corrected chi connectivity index (χ1v) is 11.8. The van der Waals surface area contributed by atoms with E-state index >= 15 is 0 Å². The molecule has 1 amide bonds. The summed E-state index contributed by atoms with van der Waals surface area (Å²) in [7, 11) is 0. The minimum atomic E-state index is -0.533. The number of rotatable bonds is 8. The maximum atomic E-state index is 12.6. The van der Waals surface area contributed by atoms with Gasteiger partial charge in [0.05, 0.1) is 10.2 Å². The molecule has 168 valence electrons. The van der Waals surface area contributed by atoms with Crippen LogP contribution in [0.15, 0.2) is 66.2 Å². The van der Waals surface area contributed by atoms with Crippen molar-refractivity contribution in [3.8, 4) is 17.6 Å². The highest BCUT2D eigenvalue weighted by molar-refractivity contribution is 14.1. The van der Waals surface area contributed by atoms with Crippen molar-refractivity contribution >= 4 is 63.5 Å². The van der Waals surface area contributed by atoms with Crippen molar-refractivity contribution in [3.05, 3.63) is 91.0 Å². The molecule has 0 atom stereocenters. The van der Waals surface area contributed by atoms with Gasteiger partial charge in [0.25, 0.3) is 5.91 Å². The van der Waals surface area contributed by atoms with Crippen molar-refractivity contribution in [3.63, 3.8) is 0 Å². The number of hydrogen-bond donors (Lipinski definition) is 1. The van der Waals surface area contributed by atoms with Gasteiger partial charge in [0, 0.05) is 15.7 Å². The van der Waals surface area contributed by atoms with Crippen LogP contribution in [0.3, 0.4) is 0 Å². The van der Waals surface area contributed by atoms with Gasteiger partial charge in [-0.2, -0.15) is 5.26 Å². The minimum Gasteiger partial charge on any atom is -0.490 e. The third-order valence-electron chi connectivity index (χ3n) is 4.36. The van der Waals surface area contributed by atoms with Crippen LogP contribution in [0.1, 0.15) is 18.1 Å². The number of halogens is 3. The van der Waals surface area contributed by atoms with Crippen molar-refractivity contribution in [2.75, 3.05) is 11.9 Å². The molecule has 0 unspecified atom stereocenters. The molecule has 0 aliphatic rings. The van der Waals surface area contributed by atoms with Crippen LogP contribution in [0.25, 0.3) is 6.08 Å². The molecule has 8 heteroatoms. The molecule has 1 N–H and O–H groups in total. The molecule has 3 rings (SSSR count). The van der Waals surface area contributed by atoms with Crippen molar-refractivity contribution in [1.29, 1.82) is 5.26 Å². The summed E-state index contributed by atoms with van der Waals surface area (Å²) in [6.07, 6.45) is 1.51. The van der Waals surface area contributed by atoms with E-state index in [9.17, 15) is 10.1 Å². The third kappa shape index (κ3) is 7.13. The number of anilines is 1. The van der Waals surface area contributed by atoms with Gasteiger partial charge in [-0.25, -0.2) is 0 Å². The van der Waals surface area contributed by atoms with Crippen LogP contribution in [0.5, 0.6) is 11.5 Å². The van der Waals surface area contributed by atoms with E-state index in [-0.39, 0.29) is 5.57 Å². The Kier molecular flexibility index (Phi) is 9.01. The molecule has 0 heterocycles. The van der Waals surface area contributed by atoms with Gasteiger partial charge in [-0.1, -0.05) is 41.4 Å². The lowest BCUT2D eigenvalue weighted by Gasteiger charge is -2.15. The van der Waals surface area contributed by atoms with Gasteiger partial charge in [-0.15, -0.1) is 0 Å². The Morgan fingerprint density at radius 2 is 1.82 bits per heavy atom. The molecule has 0 aromatic heterocycles. The fraction of sp³-hybridized carbons (Fsp3) is 0.120. The molecular formula is C25H19Cl2IN2O3. The first kappa shape index (κ1) is 24.9. The van der Waals surface area contributed by atoms with Gasteiger partial charge in [-0.3, -0.25) is 4.79 Å². The minimum absolute atomic E-state index is 0.0548. The molecule has 0 aliphatic heterocycles. The zero-order chi connectivity index (χ0) is 23.8.